The monoisotopic (exact) mass is 1520 g/mol. The maximum absolute atomic E-state index is 5.24. The second-order valence-corrected chi connectivity index (χ2v) is 22.2. The summed E-state index contributed by atoms with van der Waals surface area (Å²) in [4.78, 5) is 10.0. The van der Waals surface area contributed by atoms with Gasteiger partial charge in [0.25, 0.3) is 0 Å². The van der Waals surface area contributed by atoms with E-state index in [9.17, 15) is 0 Å². The molecule has 0 bridgehead atoms. The summed E-state index contributed by atoms with van der Waals surface area (Å²) in [5.41, 5.74) is 15.5. The van der Waals surface area contributed by atoms with E-state index in [1.54, 1.807) is 0 Å². The zero-order chi connectivity index (χ0) is 63.7. The van der Waals surface area contributed by atoms with Crippen LogP contribution in [0.2, 0.25) is 0 Å². The van der Waals surface area contributed by atoms with E-state index in [1.807, 2.05) is 206 Å². The number of nitrogens with zero attached hydrogens (tertiary/aromatic N) is 4. The molecular weight excluding hydrogens is 1420 g/mol. The van der Waals surface area contributed by atoms with Crippen LogP contribution in [0.3, 0.4) is 0 Å². The molecule has 10 aromatic rings. The van der Waals surface area contributed by atoms with Gasteiger partial charge in [-0.1, -0.05) is 199 Å². The van der Waals surface area contributed by atoms with E-state index in [4.69, 9.17) is 20.6 Å². The number of unbranched alkanes of at least 4 members (excludes halogenated alkanes) is 1. The number of hydrogen-bond acceptors (Lipinski definition) is 2. The predicted molar refractivity (Wildman–Crippen MR) is 383 cm³/mol. The van der Waals surface area contributed by atoms with Gasteiger partial charge in [-0.25, -0.2) is 0 Å². The molecule has 0 atom stereocenters. The minimum Gasteiger partial charge on any atom is -0.656 e. The Morgan fingerprint density at radius 3 is 0.622 bits per heavy atom. The molecular formula is C84H94Hf2N4. The van der Waals surface area contributed by atoms with Crippen LogP contribution >= 0.6 is 0 Å². The zero-order valence-electron chi connectivity index (χ0n) is 54.7. The van der Waals surface area contributed by atoms with Gasteiger partial charge in [0.2, 0.25) is 0 Å². The molecule has 0 saturated carbocycles. The van der Waals surface area contributed by atoms with Crippen molar-refractivity contribution in [2.24, 2.45) is 9.98 Å². The second kappa shape index (κ2) is 46.2. The van der Waals surface area contributed by atoms with Crippen LogP contribution in [0.25, 0.3) is 10.6 Å². The Hall–Kier alpha value is -7.90. The van der Waals surface area contributed by atoms with Crippen molar-refractivity contribution >= 4 is 22.7 Å². The molecule has 0 aliphatic rings. The topological polar surface area (TPSA) is 52.9 Å². The largest absolute Gasteiger partial charge is 4.00 e. The number of para-hydroxylation sites is 2. The molecule has 0 unspecified atom stereocenters. The molecule has 90 heavy (non-hydrogen) atoms. The molecule has 0 radical (unpaired) electrons. The molecule has 458 valence electrons. The van der Waals surface area contributed by atoms with Gasteiger partial charge in [-0.3, -0.25) is 9.98 Å². The molecule has 0 amide bonds. The molecule has 0 N–H and O–H groups in total. The Morgan fingerprint density at radius 1 is 0.256 bits per heavy atom. The van der Waals surface area contributed by atoms with E-state index in [2.05, 4.69) is 170 Å². The van der Waals surface area contributed by atoms with Crippen LogP contribution in [0.5, 0.6) is 0 Å². The summed E-state index contributed by atoms with van der Waals surface area (Å²) in [5.74, 6) is 1.56. The summed E-state index contributed by atoms with van der Waals surface area (Å²) in [7, 11) is 0. The third-order valence-corrected chi connectivity index (χ3v) is 13.3. The molecule has 4 nitrogen and oxygen atoms in total. The first kappa shape index (κ1) is 78.2. The summed E-state index contributed by atoms with van der Waals surface area (Å²) < 4.78 is 0. The minimum atomic E-state index is 0. The fraction of sp³-hybridized carbons (Fsp3) is 0.190. The average Bonchev–Trinajstić information content (AvgIpc) is 1.41. The Morgan fingerprint density at radius 2 is 0.444 bits per heavy atom. The van der Waals surface area contributed by atoms with Gasteiger partial charge in [0.1, 0.15) is 0 Å². The standard InChI is InChI=1S/C42H52N4.6C7H7.2Hf/c1-29(2)33-19-17-20-34(30(3)4)41(33)45-39-25-13-9-11-23-37(39)43-27-15-16-28-44-38-24-12-10-14-26-40(38)46-42-35(31(5)6)21-18-22-36(42)32(7)8;6*1-7-5-3-2-4-6-7;;/h9-14,17-26,29-32H,15-16,27-28H2,1-8H3;6*2-6H,1H2;;/q-2;6*-1;2*+4. The molecule has 10 rings (SSSR count). The molecule has 0 heterocycles. The molecule has 10 aromatic carbocycles. The van der Waals surface area contributed by atoms with Crippen LogP contribution in [0.4, 0.5) is 22.7 Å². The fourth-order valence-corrected chi connectivity index (χ4v) is 8.53. The van der Waals surface area contributed by atoms with Crippen LogP contribution in [-0.4, -0.2) is 13.1 Å². The summed E-state index contributed by atoms with van der Waals surface area (Å²) in [6.07, 6.45) is 1.89. The Labute approximate surface area is 582 Å². The minimum absolute atomic E-state index is 0. The van der Waals surface area contributed by atoms with Crippen molar-refractivity contribution in [3.63, 3.8) is 0 Å². The first-order chi connectivity index (χ1) is 42.5. The normalized spacial score (nSPS) is 10.4. The van der Waals surface area contributed by atoms with Crippen molar-refractivity contribution in [2.45, 2.75) is 91.9 Å². The van der Waals surface area contributed by atoms with Gasteiger partial charge in [0.05, 0.1) is 0 Å². The van der Waals surface area contributed by atoms with E-state index in [1.165, 1.54) is 22.3 Å². The van der Waals surface area contributed by atoms with Gasteiger partial charge in [-0.2, -0.15) is 148 Å². The Balaban J connectivity index is 0.000000491. The summed E-state index contributed by atoms with van der Waals surface area (Å²) >= 11 is 0. The van der Waals surface area contributed by atoms with E-state index < -0.39 is 0 Å². The maximum atomic E-state index is 5.24. The zero-order valence-corrected chi connectivity index (χ0v) is 61.9. The average molecular weight is 1520 g/mol. The van der Waals surface area contributed by atoms with Crippen LogP contribution in [0, 0.1) is 41.5 Å². The van der Waals surface area contributed by atoms with Crippen molar-refractivity contribution in [3.8, 4) is 0 Å². The fourth-order valence-electron chi connectivity index (χ4n) is 8.53. The van der Waals surface area contributed by atoms with E-state index in [-0.39, 0.29) is 51.7 Å². The molecule has 0 spiro atoms. The third kappa shape index (κ3) is 32.0. The number of hydrogen-bond donors (Lipinski definition) is 0. The molecule has 0 saturated heterocycles. The van der Waals surface area contributed by atoms with Crippen molar-refractivity contribution < 1.29 is 51.7 Å². The van der Waals surface area contributed by atoms with Gasteiger partial charge in [0.15, 0.2) is 0 Å². The SMILES string of the molecule is CC(C)c1cccc(C(C)C)c1[N-]c1cccccc1=NCCCCN=c1cccccc1[N-]c1c(C(C)C)cccc1C(C)C.[CH2-]c1ccccc1.[CH2-]c1ccccc1.[CH2-]c1ccccc1.[CH2-]c1ccccc1.[CH2-]c1ccccc1.[CH2-]c1ccccc1.[Hf+4].[Hf+4]. The molecule has 0 aliphatic carbocycles. The van der Waals surface area contributed by atoms with Crippen molar-refractivity contribution in [3.05, 3.63) is 398 Å². The Bertz CT molecular complexity index is 3100. The van der Waals surface area contributed by atoms with E-state index >= 15 is 0 Å². The molecule has 6 heteroatoms. The number of rotatable bonds is 13. The van der Waals surface area contributed by atoms with Gasteiger partial charge in [0, 0.05) is 23.8 Å². The number of benzene rings is 8. The van der Waals surface area contributed by atoms with Crippen LogP contribution < -0.4 is 10.7 Å². The summed E-state index contributed by atoms with van der Waals surface area (Å²) in [6, 6.07) is 93.0. The predicted octanol–water partition coefficient (Wildman–Crippen LogP) is 23.3. The van der Waals surface area contributed by atoms with Crippen molar-refractivity contribution in [1.82, 2.24) is 0 Å². The molecule has 0 aromatic heterocycles. The van der Waals surface area contributed by atoms with Gasteiger partial charge < -0.3 is 10.6 Å². The first-order valence-corrected chi connectivity index (χ1v) is 30.6. The third-order valence-electron chi connectivity index (χ3n) is 13.3. The second-order valence-electron chi connectivity index (χ2n) is 22.2. The molecule has 0 fully saturated rings. The van der Waals surface area contributed by atoms with Crippen LogP contribution in [0.1, 0.15) is 148 Å². The van der Waals surface area contributed by atoms with E-state index in [0.29, 0.717) is 23.7 Å². The van der Waals surface area contributed by atoms with E-state index in [0.717, 1.165) is 92.8 Å². The Kier molecular flexibility index (Phi) is 40.2. The van der Waals surface area contributed by atoms with Crippen molar-refractivity contribution in [2.75, 3.05) is 13.1 Å². The van der Waals surface area contributed by atoms with Gasteiger partial charge >= 0.3 is 51.7 Å². The first-order valence-electron chi connectivity index (χ1n) is 30.6. The van der Waals surface area contributed by atoms with Crippen LogP contribution in [-0.2, 0) is 51.7 Å². The summed E-state index contributed by atoms with van der Waals surface area (Å²) in [5, 5.41) is 12.3. The van der Waals surface area contributed by atoms with Gasteiger partial charge in [-0.15, -0.1) is 95.5 Å². The molecule has 0 aliphatic heterocycles. The van der Waals surface area contributed by atoms with Gasteiger partial charge in [-0.05, 0) is 48.6 Å². The smallest absolute Gasteiger partial charge is 0.656 e. The van der Waals surface area contributed by atoms with Crippen molar-refractivity contribution in [1.29, 1.82) is 0 Å². The quantitative estimate of drug-likeness (QED) is 0.0628. The van der Waals surface area contributed by atoms with Crippen LogP contribution in [0.15, 0.2) is 289 Å². The maximum Gasteiger partial charge on any atom is 4.00 e. The summed E-state index contributed by atoms with van der Waals surface area (Å²) in [6.45, 7) is 41.7.